The van der Waals surface area contributed by atoms with Crippen LogP contribution in [0.4, 0.5) is 14.9 Å². The van der Waals surface area contributed by atoms with Crippen LogP contribution in [0.1, 0.15) is 24.1 Å². The summed E-state index contributed by atoms with van der Waals surface area (Å²) in [5.41, 5.74) is 3.22. The van der Waals surface area contributed by atoms with Crippen molar-refractivity contribution in [1.82, 2.24) is 10.6 Å². The molecule has 0 radical (unpaired) electrons. The largest absolute Gasteiger partial charge is 0.327 e. The number of hydrogen-bond acceptors (Lipinski definition) is 2. The predicted molar refractivity (Wildman–Crippen MR) is 93.3 cm³/mol. The van der Waals surface area contributed by atoms with Gasteiger partial charge in [-0.25, -0.2) is 9.18 Å². The Labute approximate surface area is 144 Å². The number of amides is 3. The highest BCUT2D eigenvalue weighted by molar-refractivity contribution is 6.06. The first-order valence-corrected chi connectivity index (χ1v) is 7.86. The Morgan fingerprint density at radius 1 is 1.04 bits per heavy atom. The highest BCUT2D eigenvalue weighted by Crippen LogP contribution is 2.28. The van der Waals surface area contributed by atoms with E-state index in [0.717, 1.165) is 5.56 Å². The number of nitrogens with one attached hydrogen (secondary N) is 3. The van der Waals surface area contributed by atoms with Crippen molar-refractivity contribution in [2.75, 3.05) is 5.32 Å². The molecule has 0 spiro atoms. The fourth-order valence-corrected chi connectivity index (χ4v) is 2.74. The SMILES string of the molecule is CC1=C(C(=O)Nc2ccc(C)cc2)[C@@H](c2ccc(F)cc2)NC(=O)N1. The molecule has 0 aromatic heterocycles. The van der Waals surface area contributed by atoms with Gasteiger partial charge in [0.1, 0.15) is 5.82 Å². The van der Waals surface area contributed by atoms with Crippen molar-refractivity contribution in [3.8, 4) is 0 Å². The van der Waals surface area contributed by atoms with Crippen LogP contribution in [0.15, 0.2) is 59.8 Å². The van der Waals surface area contributed by atoms with Gasteiger partial charge in [-0.2, -0.15) is 0 Å². The number of aryl methyl sites for hydroxylation is 1. The highest BCUT2D eigenvalue weighted by atomic mass is 19.1. The number of carbonyl (C=O) groups excluding carboxylic acids is 2. The summed E-state index contributed by atoms with van der Waals surface area (Å²) in [5.74, 6) is -0.710. The van der Waals surface area contributed by atoms with Gasteiger partial charge in [0, 0.05) is 11.4 Å². The Balaban J connectivity index is 1.92. The van der Waals surface area contributed by atoms with Crippen molar-refractivity contribution in [2.45, 2.75) is 19.9 Å². The third kappa shape index (κ3) is 3.68. The third-order valence-corrected chi connectivity index (χ3v) is 4.03. The highest BCUT2D eigenvalue weighted by Gasteiger charge is 2.31. The summed E-state index contributed by atoms with van der Waals surface area (Å²) in [6, 6.07) is 12.1. The first kappa shape index (κ1) is 16.7. The lowest BCUT2D eigenvalue weighted by atomic mass is 9.95. The first-order chi connectivity index (χ1) is 11.9. The molecule has 3 N–H and O–H groups in total. The van der Waals surface area contributed by atoms with Crippen molar-refractivity contribution < 1.29 is 14.0 Å². The average molecular weight is 339 g/mol. The number of carbonyl (C=O) groups is 2. The minimum absolute atomic E-state index is 0.330. The molecule has 0 unspecified atom stereocenters. The summed E-state index contributed by atoms with van der Waals surface area (Å²) >= 11 is 0. The van der Waals surface area contributed by atoms with E-state index < -0.39 is 12.1 Å². The van der Waals surface area contributed by atoms with E-state index in [1.54, 1.807) is 19.1 Å². The van der Waals surface area contributed by atoms with E-state index in [4.69, 9.17) is 0 Å². The van der Waals surface area contributed by atoms with Crippen LogP contribution >= 0.6 is 0 Å². The van der Waals surface area contributed by atoms with Crippen molar-refractivity contribution in [1.29, 1.82) is 0 Å². The summed E-state index contributed by atoms with van der Waals surface area (Å²) in [4.78, 5) is 24.6. The summed E-state index contributed by atoms with van der Waals surface area (Å²) in [5, 5.41) is 8.16. The van der Waals surface area contributed by atoms with Gasteiger partial charge >= 0.3 is 6.03 Å². The van der Waals surface area contributed by atoms with E-state index in [1.807, 2.05) is 31.2 Å². The lowest BCUT2D eigenvalue weighted by molar-refractivity contribution is -0.113. The minimum atomic E-state index is -0.653. The zero-order valence-electron chi connectivity index (χ0n) is 13.9. The van der Waals surface area contributed by atoms with Crippen molar-refractivity contribution >= 4 is 17.6 Å². The molecule has 2 aromatic rings. The summed E-state index contributed by atoms with van der Waals surface area (Å²) in [6.07, 6.45) is 0. The molecule has 25 heavy (non-hydrogen) atoms. The molecule has 3 amide bonds. The maximum absolute atomic E-state index is 13.2. The molecule has 0 saturated heterocycles. The Kier molecular flexibility index (Phi) is 4.52. The summed E-state index contributed by atoms with van der Waals surface area (Å²) in [7, 11) is 0. The van der Waals surface area contributed by atoms with Crippen LogP contribution in [-0.4, -0.2) is 11.9 Å². The van der Waals surface area contributed by atoms with Gasteiger partial charge in [-0.05, 0) is 43.7 Å². The van der Waals surface area contributed by atoms with E-state index in [2.05, 4.69) is 16.0 Å². The van der Waals surface area contributed by atoms with E-state index in [1.165, 1.54) is 12.1 Å². The number of rotatable bonds is 3. The predicted octanol–water partition coefficient (Wildman–Crippen LogP) is 3.40. The van der Waals surface area contributed by atoms with Gasteiger partial charge in [-0.1, -0.05) is 29.8 Å². The normalized spacial score (nSPS) is 16.9. The van der Waals surface area contributed by atoms with Crippen LogP contribution in [0.5, 0.6) is 0 Å². The van der Waals surface area contributed by atoms with Crippen LogP contribution in [0.25, 0.3) is 0 Å². The Hall–Kier alpha value is -3.15. The molecule has 6 heteroatoms. The molecule has 0 bridgehead atoms. The Bertz CT molecular complexity index is 842. The number of anilines is 1. The molecule has 5 nitrogen and oxygen atoms in total. The molecule has 1 aliphatic rings. The van der Waals surface area contributed by atoms with E-state index in [0.29, 0.717) is 22.5 Å². The molecular formula is C19H18FN3O2. The van der Waals surface area contributed by atoms with Crippen molar-refractivity contribution in [3.05, 3.63) is 76.7 Å². The first-order valence-electron chi connectivity index (χ1n) is 7.86. The quantitative estimate of drug-likeness (QED) is 0.802. The summed E-state index contributed by atoms with van der Waals surface area (Å²) in [6.45, 7) is 3.63. The van der Waals surface area contributed by atoms with Crippen LogP contribution in [-0.2, 0) is 4.79 Å². The third-order valence-electron chi connectivity index (χ3n) is 4.03. The van der Waals surface area contributed by atoms with Crippen LogP contribution in [0, 0.1) is 12.7 Å². The number of urea groups is 1. The minimum Gasteiger partial charge on any atom is -0.327 e. The topological polar surface area (TPSA) is 70.2 Å². The lowest BCUT2D eigenvalue weighted by Gasteiger charge is -2.28. The van der Waals surface area contributed by atoms with E-state index >= 15 is 0 Å². The van der Waals surface area contributed by atoms with Gasteiger partial charge < -0.3 is 16.0 Å². The second-order valence-corrected chi connectivity index (χ2v) is 5.94. The van der Waals surface area contributed by atoms with Gasteiger partial charge in [-0.15, -0.1) is 0 Å². The molecule has 2 aromatic carbocycles. The number of halogens is 1. The Morgan fingerprint density at radius 2 is 1.68 bits per heavy atom. The fourth-order valence-electron chi connectivity index (χ4n) is 2.74. The van der Waals surface area contributed by atoms with Crippen LogP contribution in [0.2, 0.25) is 0 Å². The summed E-state index contributed by atoms with van der Waals surface area (Å²) < 4.78 is 13.2. The molecule has 1 atom stereocenters. The second-order valence-electron chi connectivity index (χ2n) is 5.94. The van der Waals surface area contributed by atoms with Crippen molar-refractivity contribution in [3.63, 3.8) is 0 Å². The maximum atomic E-state index is 13.2. The Morgan fingerprint density at radius 3 is 2.32 bits per heavy atom. The molecule has 3 rings (SSSR count). The van der Waals surface area contributed by atoms with Gasteiger partial charge in [0.15, 0.2) is 0 Å². The number of hydrogen-bond donors (Lipinski definition) is 3. The molecule has 1 aliphatic heterocycles. The van der Waals surface area contributed by atoms with Crippen molar-refractivity contribution in [2.24, 2.45) is 0 Å². The molecule has 0 aliphatic carbocycles. The van der Waals surface area contributed by atoms with Gasteiger partial charge in [0.05, 0.1) is 11.6 Å². The monoisotopic (exact) mass is 339 g/mol. The zero-order chi connectivity index (χ0) is 18.0. The average Bonchev–Trinajstić information content (AvgIpc) is 2.57. The van der Waals surface area contributed by atoms with Crippen LogP contribution < -0.4 is 16.0 Å². The fraction of sp³-hybridized carbons (Fsp3) is 0.158. The van der Waals surface area contributed by atoms with Gasteiger partial charge in [-0.3, -0.25) is 4.79 Å². The molecule has 0 fully saturated rings. The molecule has 0 saturated carbocycles. The zero-order valence-corrected chi connectivity index (χ0v) is 13.9. The molecule has 1 heterocycles. The standard InChI is InChI=1S/C19H18FN3O2/c1-11-3-9-15(10-4-11)22-18(24)16-12(2)21-19(25)23-17(16)13-5-7-14(20)8-6-13/h3-10,17H,1-2H3,(H,22,24)(H2,21,23,25)/t17-/m1/s1. The molecule has 128 valence electrons. The van der Waals surface area contributed by atoms with E-state index in [9.17, 15) is 14.0 Å². The maximum Gasteiger partial charge on any atom is 0.319 e. The lowest BCUT2D eigenvalue weighted by Crippen LogP contribution is -2.45. The number of allylic oxidation sites excluding steroid dienone is 1. The van der Waals surface area contributed by atoms with Crippen LogP contribution in [0.3, 0.4) is 0 Å². The van der Waals surface area contributed by atoms with Gasteiger partial charge in [0.25, 0.3) is 5.91 Å². The van der Waals surface area contributed by atoms with E-state index in [-0.39, 0.29) is 11.7 Å². The molecular weight excluding hydrogens is 321 g/mol. The smallest absolute Gasteiger partial charge is 0.319 e. The van der Waals surface area contributed by atoms with Gasteiger partial charge in [0.2, 0.25) is 0 Å². The second kappa shape index (κ2) is 6.76. The number of benzene rings is 2.